The number of benzene rings is 3. The van der Waals surface area contributed by atoms with Crippen LogP contribution in [0.15, 0.2) is 84.9 Å². The maximum Gasteiger partial charge on any atom is 0.162 e. The summed E-state index contributed by atoms with van der Waals surface area (Å²) in [4.78, 5) is 0. The van der Waals surface area contributed by atoms with Crippen LogP contribution in [0.5, 0.6) is 17.2 Å². The third-order valence-corrected chi connectivity index (χ3v) is 9.00. The quantitative estimate of drug-likeness (QED) is 0.347. The van der Waals surface area contributed by atoms with Crippen molar-refractivity contribution in [1.29, 1.82) is 0 Å². The Morgan fingerprint density at radius 3 is 1.29 bits per heavy atom. The Bertz CT molecular complexity index is 1240. The monoisotopic (exact) mass is 476 g/mol. The van der Waals surface area contributed by atoms with E-state index in [-0.39, 0.29) is 0 Å². The summed E-state index contributed by atoms with van der Waals surface area (Å²) >= 11 is 0. The highest BCUT2D eigenvalue weighted by Gasteiger charge is 2.32. The van der Waals surface area contributed by atoms with E-state index in [4.69, 9.17) is 23.3 Å². The summed E-state index contributed by atoms with van der Waals surface area (Å²) < 4.78 is 28.6. The van der Waals surface area contributed by atoms with E-state index in [1.807, 2.05) is 60.7 Å². The van der Waals surface area contributed by atoms with Gasteiger partial charge in [-0.2, -0.15) is 0 Å². The second kappa shape index (κ2) is 10.4. The fourth-order valence-corrected chi connectivity index (χ4v) is 6.88. The summed E-state index contributed by atoms with van der Waals surface area (Å²) in [6, 6.07) is 24.0. The van der Waals surface area contributed by atoms with Gasteiger partial charge in [0.15, 0.2) is 7.34 Å². The molecule has 3 aromatic carbocycles. The van der Waals surface area contributed by atoms with Crippen molar-refractivity contribution >= 4 is 23.5 Å². The number of ether oxygens (including phenoxy) is 3. The molecule has 0 bridgehead atoms. The molecule has 0 atom stereocenters. The second-order valence-electron chi connectivity index (χ2n) is 7.62. The highest BCUT2D eigenvalue weighted by molar-refractivity contribution is 7.78. The largest absolute Gasteiger partial charge is 0.497 e. The molecule has 0 aromatic heterocycles. The van der Waals surface area contributed by atoms with Gasteiger partial charge >= 0.3 is 0 Å². The van der Waals surface area contributed by atoms with Gasteiger partial charge in [-0.15, -0.1) is 0 Å². The van der Waals surface area contributed by atoms with Crippen molar-refractivity contribution in [1.82, 2.24) is 0 Å². The fourth-order valence-electron chi connectivity index (χ4n) is 4.08. The number of hydrogen-bond acceptors (Lipinski definition) is 5. The van der Waals surface area contributed by atoms with Gasteiger partial charge in [-0.25, -0.2) is 0 Å². The smallest absolute Gasteiger partial charge is 0.162 e. The molecule has 0 N–H and O–H groups in total. The number of allylic oxidation sites excluding steroid dienone is 3. The van der Waals surface area contributed by atoms with Crippen LogP contribution in [0.1, 0.15) is 16.7 Å². The lowest BCUT2D eigenvalue weighted by atomic mass is 10.00. The maximum atomic E-state index is 6.25. The Morgan fingerprint density at radius 2 is 0.882 bits per heavy atom. The predicted octanol–water partition coefficient (Wildman–Crippen LogP) is 6.51. The zero-order valence-corrected chi connectivity index (χ0v) is 21.0. The molecule has 4 rings (SSSR count). The molecule has 5 nitrogen and oxygen atoms in total. The van der Waals surface area contributed by atoms with E-state index in [9.17, 15) is 0 Å². The van der Waals surface area contributed by atoms with E-state index in [1.165, 1.54) is 0 Å². The van der Waals surface area contributed by atoms with E-state index >= 15 is 0 Å². The van der Waals surface area contributed by atoms with E-state index < -0.39 is 7.34 Å². The molecule has 0 aliphatic carbocycles. The molecule has 0 saturated heterocycles. The minimum atomic E-state index is -2.64. The van der Waals surface area contributed by atoms with Crippen LogP contribution in [0.2, 0.25) is 0 Å². The van der Waals surface area contributed by atoms with Crippen molar-refractivity contribution in [3.8, 4) is 17.2 Å². The van der Waals surface area contributed by atoms with Gasteiger partial charge in [0, 0.05) is 24.8 Å². The standard InChI is InChI=1S/C28H29O5P/c1-29-24-12-6-20(7-13-24)23-18-27(21-8-14-25(30-2)15-9-21)34(32-4,33-5)28(19-23)22-10-16-26(31-3)17-11-22/h6-19H,1-5H3. The molecule has 0 amide bonds. The van der Waals surface area contributed by atoms with Crippen molar-refractivity contribution in [3.63, 3.8) is 0 Å². The first-order valence-electron chi connectivity index (χ1n) is 10.8. The number of hydrogen-bond donors (Lipinski definition) is 0. The SMILES string of the molecule is COc1ccc(C2=CC(c3ccc(OC)cc3)=P(OC)(OC)C(c3ccc(OC)cc3)=C2)cc1. The first kappa shape index (κ1) is 23.9. The summed E-state index contributed by atoms with van der Waals surface area (Å²) in [6.07, 6.45) is 4.33. The minimum Gasteiger partial charge on any atom is -0.497 e. The van der Waals surface area contributed by atoms with Gasteiger partial charge in [-0.1, -0.05) is 36.4 Å². The first-order valence-corrected chi connectivity index (χ1v) is 12.5. The lowest BCUT2D eigenvalue weighted by molar-refractivity contribution is 0.345. The van der Waals surface area contributed by atoms with E-state index in [0.29, 0.717) is 0 Å². The lowest BCUT2D eigenvalue weighted by Crippen LogP contribution is -2.11. The van der Waals surface area contributed by atoms with Crippen LogP contribution >= 0.6 is 7.34 Å². The van der Waals surface area contributed by atoms with Gasteiger partial charge in [0.25, 0.3) is 0 Å². The predicted molar refractivity (Wildman–Crippen MR) is 140 cm³/mol. The van der Waals surface area contributed by atoms with Crippen molar-refractivity contribution in [2.24, 2.45) is 0 Å². The second-order valence-corrected chi connectivity index (χ2v) is 10.4. The molecular weight excluding hydrogens is 447 g/mol. The van der Waals surface area contributed by atoms with Crippen molar-refractivity contribution < 1.29 is 23.3 Å². The first-order chi connectivity index (χ1) is 16.6. The topological polar surface area (TPSA) is 46.2 Å². The molecule has 1 aliphatic heterocycles. The summed E-state index contributed by atoms with van der Waals surface area (Å²) in [5.41, 5.74) is 4.16. The van der Waals surface area contributed by atoms with Crippen molar-refractivity contribution in [2.45, 2.75) is 0 Å². The van der Waals surface area contributed by atoms with E-state index in [2.05, 4.69) is 24.3 Å². The van der Waals surface area contributed by atoms with Crippen LogP contribution in [-0.4, -0.2) is 40.8 Å². The molecule has 1 aliphatic rings. The zero-order chi connectivity index (χ0) is 24.1. The van der Waals surface area contributed by atoms with Gasteiger partial charge in [0.2, 0.25) is 0 Å². The van der Waals surface area contributed by atoms with Crippen LogP contribution in [0.3, 0.4) is 0 Å². The Labute approximate surface area is 201 Å². The molecule has 0 spiro atoms. The Kier molecular flexibility index (Phi) is 7.28. The van der Waals surface area contributed by atoms with Crippen LogP contribution in [0.25, 0.3) is 10.9 Å². The highest BCUT2D eigenvalue weighted by atomic mass is 31.2. The zero-order valence-electron chi connectivity index (χ0n) is 20.1. The number of methoxy groups -OCH3 is 3. The van der Waals surface area contributed by atoms with Crippen LogP contribution in [0.4, 0.5) is 0 Å². The van der Waals surface area contributed by atoms with Crippen LogP contribution < -0.4 is 14.2 Å². The summed E-state index contributed by atoms with van der Waals surface area (Å²) in [7, 11) is 5.78. The Morgan fingerprint density at radius 1 is 0.471 bits per heavy atom. The van der Waals surface area contributed by atoms with Gasteiger partial charge in [0.05, 0.1) is 21.3 Å². The van der Waals surface area contributed by atoms with Gasteiger partial charge in [-0.3, -0.25) is 0 Å². The normalized spacial score (nSPS) is 14.8. The summed E-state index contributed by atoms with van der Waals surface area (Å²) in [5.74, 6) is 2.41. The minimum absolute atomic E-state index is 0.796. The molecule has 3 aromatic rings. The summed E-state index contributed by atoms with van der Waals surface area (Å²) in [6.45, 7) is 0. The average Bonchev–Trinajstić information content (AvgIpc) is 2.92. The molecule has 0 unspecified atom stereocenters. The van der Waals surface area contributed by atoms with Crippen molar-refractivity contribution in [2.75, 3.05) is 35.5 Å². The van der Waals surface area contributed by atoms with Crippen LogP contribution in [-0.2, 0) is 9.05 Å². The van der Waals surface area contributed by atoms with E-state index in [1.54, 1.807) is 35.5 Å². The Hall–Kier alpha value is -3.24. The van der Waals surface area contributed by atoms with Crippen molar-refractivity contribution in [3.05, 3.63) is 102 Å². The Balaban J connectivity index is 1.99. The molecule has 0 fully saturated rings. The van der Waals surface area contributed by atoms with Gasteiger partial charge in [0.1, 0.15) is 17.2 Å². The maximum absolute atomic E-state index is 6.25. The molecule has 0 radical (unpaired) electrons. The lowest BCUT2D eigenvalue weighted by Gasteiger charge is -2.32. The molecule has 1 heterocycles. The van der Waals surface area contributed by atoms with Gasteiger partial charge in [-0.05, 0) is 70.8 Å². The van der Waals surface area contributed by atoms with Gasteiger partial charge < -0.3 is 23.3 Å². The fraction of sp³-hybridized carbons (Fsp3) is 0.179. The third-order valence-electron chi connectivity index (χ3n) is 5.93. The molecule has 34 heavy (non-hydrogen) atoms. The highest BCUT2D eigenvalue weighted by Crippen LogP contribution is 2.65. The molecule has 6 heteroatoms. The number of rotatable bonds is 8. The molecule has 0 saturated carbocycles. The van der Waals surface area contributed by atoms with Crippen LogP contribution in [0, 0.1) is 0 Å². The van der Waals surface area contributed by atoms with E-state index in [0.717, 1.165) is 50.1 Å². The molecular formula is C28H29O5P. The third kappa shape index (κ3) is 4.43. The molecule has 176 valence electrons. The average molecular weight is 477 g/mol. The summed E-state index contributed by atoms with van der Waals surface area (Å²) in [5, 5.41) is 2.00.